The summed E-state index contributed by atoms with van der Waals surface area (Å²) < 4.78 is 1.75. The summed E-state index contributed by atoms with van der Waals surface area (Å²) in [6, 6.07) is 7.93. The van der Waals surface area contributed by atoms with Gasteiger partial charge in [-0.3, -0.25) is 14.2 Å². The molecule has 2 aliphatic rings. The van der Waals surface area contributed by atoms with Gasteiger partial charge < -0.3 is 4.90 Å². The fraction of sp³-hybridized carbons (Fsp3) is 0.458. The molecular weight excluding hydrogens is 426 g/mol. The minimum Gasteiger partial charge on any atom is -0.342 e. The summed E-state index contributed by atoms with van der Waals surface area (Å²) in [5.74, 6) is 0.449. The molecule has 0 saturated carbocycles. The van der Waals surface area contributed by atoms with Crippen LogP contribution in [0.5, 0.6) is 0 Å². The van der Waals surface area contributed by atoms with Crippen LogP contribution in [0.3, 0.4) is 0 Å². The number of thioether (sulfide) groups is 1. The number of para-hydroxylation sites is 1. The molecule has 1 aliphatic carbocycles. The van der Waals surface area contributed by atoms with Gasteiger partial charge in [0, 0.05) is 18.0 Å². The normalized spacial score (nSPS) is 16.5. The number of likely N-dealkylation sites (tertiary alicyclic amines) is 1. The molecule has 3 aromatic rings. The maximum atomic E-state index is 13.9. The lowest BCUT2D eigenvalue weighted by molar-refractivity contribution is -0.127. The predicted octanol–water partition coefficient (Wildman–Crippen LogP) is 4.74. The monoisotopic (exact) mass is 453 g/mol. The second-order valence-electron chi connectivity index (χ2n) is 8.44. The second-order valence-corrected chi connectivity index (χ2v) is 10.5. The molecule has 1 aliphatic heterocycles. The molecule has 1 aromatic carbocycles. The number of nitrogens with zero attached hydrogens (tertiary/aromatic N) is 3. The highest BCUT2D eigenvalue weighted by molar-refractivity contribution is 7.99. The molecule has 0 unspecified atom stereocenters. The number of thiophene rings is 1. The first kappa shape index (κ1) is 20.8. The van der Waals surface area contributed by atoms with E-state index in [4.69, 9.17) is 4.98 Å². The molecule has 0 N–H and O–H groups in total. The molecule has 2 aromatic heterocycles. The number of carbonyl (C=O) groups excluding carboxylic acids is 1. The fourth-order valence-electron chi connectivity index (χ4n) is 4.67. The van der Waals surface area contributed by atoms with E-state index in [0.717, 1.165) is 66.7 Å². The van der Waals surface area contributed by atoms with Gasteiger partial charge in [0.05, 0.1) is 16.8 Å². The van der Waals surface area contributed by atoms with Gasteiger partial charge in [-0.25, -0.2) is 4.98 Å². The minimum atomic E-state index is 0.00909. The summed E-state index contributed by atoms with van der Waals surface area (Å²) in [7, 11) is 0. The van der Waals surface area contributed by atoms with E-state index in [9.17, 15) is 9.59 Å². The number of hydrogen-bond donors (Lipinski definition) is 0. The van der Waals surface area contributed by atoms with Crippen molar-refractivity contribution in [2.75, 3.05) is 18.8 Å². The van der Waals surface area contributed by atoms with Crippen LogP contribution in [-0.2, 0) is 17.6 Å². The second kappa shape index (κ2) is 8.79. The Hall–Kier alpha value is -2.12. The van der Waals surface area contributed by atoms with Gasteiger partial charge in [-0.1, -0.05) is 36.4 Å². The Morgan fingerprint density at radius 2 is 1.87 bits per heavy atom. The number of hydrogen-bond acceptors (Lipinski definition) is 5. The van der Waals surface area contributed by atoms with E-state index < -0.39 is 0 Å². The summed E-state index contributed by atoms with van der Waals surface area (Å²) in [6.45, 7) is 3.70. The van der Waals surface area contributed by atoms with Crippen LogP contribution in [-0.4, -0.2) is 39.2 Å². The Morgan fingerprint density at radius 1 is 1.10 bits per heavy atom. The van der Waals surface area contributed by atoms with Gasteiger partial charge in [0.25, 0.3) is 5.56 Å². The highest BCUT2D eigenvalue weighted by Crippen LogP contribution is 2.35. The van der Waals surface area contributed by atoms with E-state index in [1.165, 1.54) is 35.0 Å². The first-order valence-electron chi connectivity index (χ1n) is 11.2. The third-order valence-electron chi connectivity index (χ3n) is 6.35. The van der Waals surface area contributed by atoms with E-state index in [-0.39, 0.29) is 11.5 Å². The molecule has 1 amide bonds. The standard InChI is InChI=1S/C24H27N3O2S2/c1-16-9-5-6-11-18(16)27-23(29)21-17-10-3-2-4-12-19(17)31-22(21)25-24(27)30-15-20(28)26-13-7-8-14-26/h5-6,9,11H,2-4,7-8,10,12-15H2,1H3. The summed E-state index contributed by atoms with van der Waals surface area (Å²) in [5, 5.41) is 1.41. The van der Waals surface area contributed by atoms with Gasteiger partial charge in [-0.05, 0) is 62.6 Å². The van der Waals surface area contributed by atoms with E-state index in [2.05, 4.69) is 0 Å². The Labute approximate surface area is 190 Å². The Morgan fingerprint density at radius 3 is 2.68 bits per heavy atom. The molecule has 5 nitrogen and oxygen atoms in total. The van der Waals surface area contributed by atoms with Crippen molar-refractivity contribution in [3.05, 3.63) is 50.6 Å². The maximum Gasteiger partial charge on any atom is 0.267 e. The summed E-state index contributed by atoms with van der Waals surface area (Å²) in [5.41, 5.74) is 3.10. The highest BCUT2D eigenvalue weighted by Gasteiger charge is 2.24. The zero-order chi connectivity index (χ0) is 21.4. The minimum absolute atomic E-state index is 0.00909. The lowest BCUT2D eigenvalue weighted by Crippen LogP contribution is -2.30. The summed E-state index contributed by atoms with van der Waals surface area (Å²) in [4.78, 5) is 35.6. The van der Waals surface area contributed by atoms with E-state index in [0.29, 0.717) is 10.9 Å². The number of aryl methyl sites for hydroxylation is 3. The molecule has 7 heteroatoms. The third-order valence-corrected chi connectivity index (χ3v) is 8.46. The van der Waals surface area contributed by atoms with Gasteiger partial charge >= 0.3 is 0 Å². The molecule has 0 atom stereocenters. The molecule has 31 heavy (non-hydrogen) atoms. The average molecular weight is 454 g/mol. The van der Waals surface area contributed by atoms with E-state index in [1.807, 2.05) is 36.1 Å². The SMILES string of the molecule is Cc1ccccc1-n1c(SCC(=O)N2CCCC2)nc2sc3c(c2c1=O)CCCCC3. The number of amides is 1. The Balaban J connectivity index is 1.62. The lowest BCUT2D eigenvalue weighted by atomic mass is 10.1. The molecule has 0 bridgehead atoms. The molecule has 0 spiro atoms. The first-order valence-corrected chi connectivity index (χ1v) is 13.0. The van der Waals surface area contributed by atoms with E-state index >= 15 is 0 Å². The average Bonchev–Trinajstić information content (AvgIpc) is 3.36. The van der Waals surface area contributed by atoms with Crippen LogP contribution in [0.15, 0.2) is 34.2 Å². The number of fused-ring (bicyclic) bond motifs is 3. The van der Waals surface area contributed by atoms with Crippen molar-refractivity contribution >= 4 is 39.2 Å². The maximum absolute atomic E-state index is 13.9. The Bertz CT molecular complexity index is 1190. The number of carbonyl (C=O) groups is 1. The van der Waals surface area contributed by atoms with Crippen LogP contribution in [0.2, 0.25) is 0 Å². The van der Waals surface area contributed by atoms with Crippen LogP contribution in [0.4, 0.5) is 0 Å². The van der Waals surface area contributed by atoms with Gasteiger partial charge in [-0.15, -0.1) is 11.3 Å². The van der Waals surface area contributed by atoms with Crippen LogP contribution in [0, 0.1) is 6.92 Å². The van der Waals surface area contributed by atoms with Crippen LogP contribution in [0.25, 0.3) is 15.9 Å². The van der Waals surface area contributed by atoms with Gasteiger partial charge in [0.2, 0.25) is 5.91 Å². The van der Waals surface area contributed by atoms with Crippen molar-refractivity contribution in [3.8, 4) is 5.69 Å². The van der Waals surface area contributed by atoms with Crippen molar-refractivity contribution < 1.29 is 4.79 Å². The van der Waals surface area contributed by atoms with Gasteiger partial charge in [0.15, 0.2) is 5.16 Å². The van der Waals surface area contributed by atoms with Crippen molar-refractivity contribution in [3.63, 3.8) is 0 Å². The largest absolute Gasteiger partial charge is 0.342 e. The van der Waals surface area contributed by atoms with Crippen LogP contribution >= 0.6 is 23.1 Å². The molecule has 1 saturated heterocycles. The number of rotatable bonds is 4. The third kappa shape index (κ3) is 3.94. The van der Waals surface area contributed by atoms with E-state index in [1.54, 1.807) is 15.9 Å². The Kier molecular flexibility index (Phi) is 5.89. The summed E-state index contributed by atoms with van der Waals surface area (Å²) in [6.07, 6.45) is 7.68. The van der Waals surface area contributed by atoms with Crippen molar-refractivity contribution in [1.29, 1.82) is 0 Å². The first-order chi connectivity index (χ1) is 15.1. The highest BCUT2D eigenvalue weighted by atomic mass is 32.2. The fourth-order valence-corrected chi connectivity index (χ4v) is 6.88. The smallest absolute Gasteiger partial charge is 0.267 e. The molecule has 162 valence electrons. The molecule has 3 heterocycles. The van der Waals surface area contributed by atoms with Crippen molar-refractivity contribution in [2.45, 2.75) is 57.0 Å². The van der Waals surface area contributed by atoms with Gasteiger partial charge in [-0.2, -0.15) is 0 Å². The quantitative estimate of drug-likeness (QED) is 0.325. The van der Waals surface area contributed by atoms with Crippen LogP contribution < -0.4 is 5.56 Å². The summed E-state index contributed by atoms with van der Waals surface area (Å²) >= 11 is 3.07. The number of benzene rings is 1. The molecule has 1 fully saturated rings. The predicted molar refractivity (Wildman–Crippen MR) is 128 cm³/mol. The van der Waals surface area contributed by atoms with Crippen molar-refractivity contribution in [1.82, 2.24) is 14.5 Å². The molecule has 0 radical (unpaired) electrons. The zero-order valence-corrected chi connectivity index (χ0v) is 19.5. The lowest BCUT2D eigenvalue weighted by Gasteiger charge is -2.17. The van der Waals surface area contributed by atoms with Crippen molar-refractivity contribution in [2.24, 2.45) is 0 Å². The van der Waals surface area contributed by atoms with Gasteiger partial charge in [0.1, 0.15) is 4.83 Å². The topological polar surface area (TPSA) is 55.2 Å². The van der Waals surface area contributed by atoms with Crippen LogP contribution in [0.1, 0.15) is 48.1 Å². The zero-order valence-electron chi connectivity index (χ0n) is 17.9. The molecule has 5 rings (SSSR count). The molecular formula is C24H27N3O2S2. The number of aromatic nitrogens is 2.